The van der Waals surface area contributed by atoms with Crippen LogP contribution in [0, 0.1) is 5.41 Å². The summed E-state index contributed by atoms with van der Waals surface area (Å²) in [5, 5.41) is 9.37. The Morgan fingerprint density at radius 3 is 2.82 bits per heavy atom. The van der Waals surface area contributed by atoms with Crippen LogP contribution in [-0.4, -0.2) is 17.6 Å². The van der Waals surface area contributed by atoms with Crippen LogP contribution < -0.4 is 5.73 Å². The third-order valence-corrected chi connectivity index (χ3v) is 4.78. The molecule has 0 saturated carbocycles. The van der Waals surface area contributed by atoms with E-state index in [0.29, 0.717) is 18.5 Å². The lowest BCUT2D eigenvalue weighted by atomic mass is 9.76. The van der Waals surface area contributed by atoms with Crippen molar-refractivity contribution in [2.45, 2.75) is 39.5 Å². The molecule has 17 heavy (non-hydrogen) atoms. The quantitative estimate of drug-likeness (QED) is 0.869. The first-order chi connectivity index (χ1) is 7.94. The van der Waals surface area contributed by atoms with Crippen LogP contribution in [0.1, 0.15) is 45.9 Å². The summed E-state index contributed by atoms with van der Waals surface area (Å²) in [5.41, 5.74) is 7.39. The number of hydrogen-bond donors (Lipinski definition) is 2. The van der Waals surface area contributed by atoms with Crippen LogP contribution in [-0.2, 0) is 19.3 Å². The van der Waals surface area contributed by atoms with Gasteiger partial charge in [-0.2, -0.15) is 0 Å². The number of thiophene rings is 1. The molecule has 94 valence electrons. The van der Waals surface area contributed by atoms with Crippen molar-refractivity contribution in [3.05, 3.63) is 20.9 Å². The van der Waals surface area contributed by atoms with Crippen molar-refractivity contribution in [1.29, 1.82) is 0 Å². The molecular weight excluding hydrogens is 234 g/mol. The molecule has 2 rings (SSSR count). The number of fused-ring (bicyclic) bond motifs is 1. The van der Waals surface area contributed by atoms with Crippen molar-refractivity contribution >= 4 is 17.3 Å². The van der Waals surface area contributed by atoms with Crippen molar-refractivity contribution in [2.24, 2.45) is 11.1 Å². The van der Waals surface area contributed by atoms with Crippen LogP contribution in [0.3, 0.4) is 0 Å². The summed E-state index contributed by atoms with van der Waals surface area (Å²) in [6.45, 7) is 4.94. The van der Waals surface area contributed by atoms with E-state index in [9.17, 15) is 9.90 Å². The Labute approximate surface area is 106 Å². The Morgan fingerprint density at radius 2 is 2.24 bits per heavy atom. The molecule has 0 aromatic carbocycles. The van der Waals surface area contributed by atoms with E-state index < -0.39 is 5.97 Å². The van der Waals surface area contributed by atoms with Gasteiger partial charge in [0.25, 0.3) is 0 Å². The number of carbonyl (C=O) groups is 1. The molecule has 0 spiro atoms. The molecule has 0 bridgehead atoms. The van der Waals surface area contributed by atoms with Crippen LogP contribution in [0.2, 0.25) is 0 Å². The maximum atomic E-state index is 11.4. The van der Waals surface area contributed by atoms with E-state index >= 15 is 0 Å². The summed E-state index contributed by atoms with van der Waals surface area (Å²) in [6.07, 6.45) is 3.71. The minimum Gasteiger partial charge on any atom is -0.478 e. The van der Waals surface area contributed by atoms with Gasteiger partial charge in [-0.15, -0.1) is 11.3 Å². The third kappa shape index (κ3) is 2.38. The second-order valence-electron chi connectivity index (χ2n) is 5.49. The van der Waals surface area contributed by atoms with Gasteiger partial charge in [0, 0.05) is 9.75 Å². The third-order valence-electron chi connectivity index (χ3n) is 3.43. The van der Waals surface area contributed by atoms with Gasteiger partial charge >= 0.3 is 5.97 Å². The van der Waals surface area contributed by atoms with Gasteiger partial charge in [0.05, 0.1) is 5.56 Å². The van der Waals surface area contributed by atoms with E-state index in [1.54, 1.807) is 11.3 Å². The van der Waals surface area contributed by atoms with Gasteiger partial charge in [0.1, 0.15) is 0 Å². The minimum absolute atomic E-state index is 0.220. The molecule has 1 aromatic heterocycles. The molecule has 1 aliphatic rings. The summed E-state index contributed by atoms with van der Waals surface area (Å²) >= 11 is 1.65. The molecule has 3 nitrogen and oxygen atoms in total. The predicted octanol–water partition coefficient (Wildman–Crippen LogP) is 2.46. The highest BCUT2D eigenvalue weighted by molar-refractivity contribution is 7.12. The summed E-state index contributed by atoms with van der Waals surface area (Å²) in [4.78, 5) is 13.6. The highest BCUT2D eigenvalue weighted by Crippen LogP contribution is 2.41. The minimum atomic E-state index is -0.788. The van der Waals surface area contributed by atoms with E-state index in [0.717, 1.165) is 29.7 Å². The molecule has 0 radical (unpaired) electrons. The number of aryl methyl sites for hydroxylation is 1. The maximum Gasteiger partial charge on any atom is 0.337 e. The summed E-state index contributed by atoms with van der Waals surface area (Å²) in [7, 11) is 0. The van der Waals surface area contributed by atoms with Crippen LogP contribution in [0.15, 0.2) is 0 Å². The second-order valence-corrected chi connectivity index (χ2v) is 6.68. The van der Waals surface area contributed by atoms with Crippen LogP contribution in [0.4, 0.5) is 0 Å². The molecular formula is C13H19NO2S. The summed E-state index contributed by atoms with van der Waals surface area (Å²) in [6, 6.07) is 0. The van der Waals surface area contributed by atoms with E-state index in [-0.39, 0.29) is 5.41 Å². The summed E-state index contributed by atoms with van der Waals surface area (Å²) < 4.78 is 0. The fourth-order valence-corrected chi connectivity index (χ4v) is 3.86. The number of carboxylic acids is 1. The van der Waals surface area contributed by atoms with E-state index in [2.05, 4.69) is 13.8 Å². The Hall–Kier alpha value is -0.870. The fourth-order valence-electron chi connectivity index (χ4n) is 2.53. The highest BCUT2D eigenvalue weighted by atomic mass is 32.1. The van der Waals surface area contributed by atoms with Gasteiger partial charge in [0.15, 0.2) is 0 Å². The first kappa shape index (κ1) is 12.6. The average Bonchev–Trinajstić information content (AvgIpc) is 2.54. The molecule has 3 N–H and O–H groups in total. The van der Waals surface area contributed by atoms with Gasteiger partial charge in [-0.25, -0.2) is 4.79 Å². The molecule has 0 fully saturated rings. The number of nitrogens with two attached hydrogens (primary N) is 1. The summed E-state index contributed by atoms with van der Waals surface area (Å²) in [5.74, 6) is -0.788. The number of aromatic carboxylic acids is 1. The zero-order chi connectivity index (χ0) is 12.6. The smallest absolute Gasteiger partial charge is 0.337 e. The fraction of sp³-hybridized carbons (Fsp3) is 0.615. The zero-order valence-electron chi connectivity index (χ0n) is 10.4. The normalized spacial score (nSPS) is 17.8. The number of rotatable bonds is 3. The van der Waals surface area contributed by atoms with Gasteiger partial charge in [0.2, 0.25) is 0 Å². The Balaban J connectivity index is 2.47. The Kier molecular flexibility index (Phi) is 3.27. The van der Waals surface area contributed by atoms with E-state index in [1.165, 1.54) is 4.88 Å². The predicted molar refractivity (Wildman–Crippen MR) is 69.8 cm³/mol. The molecule has 0 unspecified atom stereocenters. The lowest BCUT2D eigenvalue weighted by Gasteiger charge is -2.29. The van der Waals surface area contributed by atoms with Crippen LogP contribution >= 0.6 is 11.3 Å². The molecule has 0 atom stereocenters. The molecule has 4 heteroatoms. The monoisotopic (exact) mass is 253 g/mol. The lowest BCUT2D eigenvalue weighted by Crippen LogP contribution is -2.22. The van der Waals surface area contributed by atoms with E-state index in [1.807, 2.05) is 0 Å². The maximum absolute atomic E-state index is 11.4. The molecule has 1 heterocycles. The van der Waals surface area contributed by atoms with Crippen LogP contribution in [0.25, 0.3) is 0 Å². The average molecular weight is 253 g/mol. The topological polar surface area (TPSA) is 63.3 Å². The first-order valence-corrected chi connectivity index (χ1v) is 6.83. The SMILES string of the molecule is CC1(C)CCc2sc(CCN)c(C(=O)O)c2C1. The lowest BCUT2D eigenvalue weighted by molar-refractivity contribution is 0.0694. The van der Waals surface area contributed by atoms with Gasteiger partial charge in [-0.1, -0.05) is 13.8 Å². The second kappa shape index (κ2) is 4.42. The van der Waals surface area contributed by atoms with Gasteiger partial charge in [-0.3, -0.25) is 0 Å². The van der Waals surface area contributed by atoms with Gasteiger partial charge < -0.3 is 10.8 Å². The van der Waals surface area contributed by atoms with Crippen molar-refractivity contribution in [3.63, 3.8) is 0 Å². The number of carboxylic acid groups (broad SMARTS) is 1. The largest absolute Gasteiger partial charge is 0.478 e. The van der Waals surface area contributed by atoms with Gasteiger partial charge in [-0.05, 0) is 43.2 Å². The van der Waals surface area contributed by atoms with Crippen molar-refractivity contribution < 1.29 is 9.90 Å². The zero-order valence-corrected chi connectivity index (χ0v) is 11.2. The molecule has 0 amide bonds. The highest BCUT2D eigenvalue weighted by Gasteiger charge is 2.32. The number of hydrogen-bond acceptors (Lipinski definition) is 3. The Morgan fingerprint density at radius 1 is 1.53 bits per heavy atom. The molecule has 0 aliphatic heterocycles. The Bertz CT molecular complexity index is 449. The standard InChI is InChI=1S/C13H19NO2S/c1-13(2)5-3-9-8(7-13)11(12(15)16)10(17-9)4-6-14/h3-7,14H2,1-2H3,(H,15,16). The van der Waals surface area contributed by atoms with E-state index in [4.69, 9.17) is 5.73 Å². The first-order valence-electron chi connectivity index (χ1n) is 6.01. The van der Waals surface area contributed by atoms with Crippen molar-refractivity contribution in [1.82, 2.24) is 0 Å². The molecule has 1 aliphatic carbocycles. The molecule has 1 aromatic rings. The van der Waals surface area contributed by atoms with Crippen LogP contribution in [0.5, 0.6) is 0 Å². The van der Waals surface area contributed by atoms with Crippen molar-refractivity contribution in [2.75, 3.05) is 6.54 Å². The molecule has 0 saturated heterocycles. The van der Waals surface area contributed by atoms with Crippen molar-refractivity contribution in [3.8, 4) is 0 Å².